The van der Waals surface area contributed by atoms with Gasteiger partial charge in [0, 0.05) is 32.5 Å². The molecule has 326 valence electrons. The molecule has 0 aliphatic rings. The van der Waals surface area contributed by atoms with Gasteiger partial charge in [-0.05, 0) is 123 Å². The molecule has 0 spiro atoms. The highest BCUT2D eigenvalue weighted by Gasteiger charge is 2.30. The minimum atomic E-state index is -2.97. The third-order valence-corrected chi connectivity index (χ3v) is 12.0. The van der Waals surface area contributed by atoms with Crippen molar-refractivity contribution in [3.8, 4) is 67.5 Å². The Labute approximate surface area is 396 Å². The lowest BCUT2D eigenvalue weighted by Gasteiger charge is -2.27. The Morgan fingerprint density at radius 1 is 0.547 bits per heavy atom. The number of fused-ring (bicyclic) bond motifs is 1. The van der Waals surface area contributed by atoms with Crippen LogP contribution in [0.5, 0.6) is 5.75 Å². The fourth-order valence-corrected chi connectivity index (χ4v) is 8.16. The summed E-state index contributed by atoms with van der Waals surface area (Å²) in [6.45, 7) is 24.6. The van der Waals surface area contributed by atoms with Gasteiger partial charge in [0.05, 0.1) is 37.6 Å². The van der Waals surface area contributed by atoms with Crippen LogP contribution in [-0.4, -0.2) is 19.6 Å². The number of hydrogen-bond donors (Lipinski definition) is 1. The van der Waals surface area contributed by atoms with Gasteiger partial charge in [-0.1, -0.05) is 173 Å². The number of aromatic nitrogens is 3. The lowest BCUT2D eigenvalue weighted by Crippen LogP contribution is -2.17. The van der Waals surface area contributed by atoms with Crippen LogP contribution < -0.4 is 0 Å². The number of aromatic hydroxyl groups is 1. The van der Waals surface area contributed by atoms with Gasteiger partial charge in [-0.15, -0.1) is 0 Å². The van der Waals surface area contributed by atoms with Gasteiger partial charge >= 0.3 is 0 Å². The summed E-state index contributed by atoms with van der Waals surface area (Å²) in [6.07, 6.45) is -0.565. The van der Waals surface area contributed by atoms with Crippen LogP contribution in [0.2, 0.25) is 0 Å². The first-order valence-corrected chi connectivity index (χ1v) is 22.0. The molecule has 4 nitrogen and oxygen atoms in total. The summed E-state index contributed by atoms with van der Waals surface area (Å²) >= 11 is 0. The van der Waals surface area contributed by atoms with E-state index in [0.717, 1.165) is 50.1 Å². The molecule has 0 atom stereocenters. The highest BCUT2D eigenvalue weighted by atomic mass is 16.3. The smallest absolute Gasteiger partial charge is 0.149 e. The minimum absolute atomic E-state index is 0.0380. The Kier molecular flexibility index (Phi) is 8.36. The molecule has 0 aliphatic heterocycles. The van der Waals surface area contributed by atoms with Crippen LogP contribution >= 0.6 is 0 Å². The number of pyridine rings is 1. The van der Waals surface area contributed by atoms with Crippen molar-refractivity contribution in [3.63, 3.8) is 0 Å². The summed E-state index contributed by atoms with van der Waals surface area (Å²) in [7, 11) is 0. The molecule has 6 aromatic carbocycles. The lowest BCUT2D eigenvalue weighted by molar-refractivity contribution is 0.446. The molecule has 1 N–H and O–H groups in total. The fraction of sp³-hybridized carbons (Fsp3) is 0.300. The number of phenols is 1. The number of nitrogens with zero attached hydrogens (tertiary/aromatic N) is 3. The molecule has 0 unspecified atom stereocenters. The maximum atomic E-state index is 12.6. The molecule has 0 bridgehead atoms. The molecule has 0 aliphatic carbocycles. The van der Waals surface area contributed by atoms with Crippen molar-refractivity contribution in [1.82, 2.24) is 14.5 Å². The molecular formula is C60H65N3O. The Balaban J connectivity index is 1.47. The standard InChI is InChI=1S/C60H65N3O/c1-37-18-21-39(22-19-37)41-28-29-61-51(34-41)43-31-42(32-45(33-43)58(6,7)8)47-16-15-17-53-54(47)62-56(49-35-46(59(9,10)11)36-50(55(49)64)60(12,13)14)63(53)52-27-20-38(2)30-48(52)40-23-25-44(26-24-40)57(3,4)5/h15-36,64H,1-14H3/i1D3,18D,19D,21D,22D,28D,29D,34D. The average Bonchev–Trinajstić information content (AvgIpc) is 3.68. The fourth-order valence-electron chi connectivity index (χ4n) is 8.16. The van der Waals surface area contributed by atoms with Crippen molar-refractivity contribution in [3.05, 3.63) is 167 Å². The number of rotatable bonds is 6. The predicted molar refractivity (Wildman–Crippen MR) is 272 cm³/mol. The van der Waals surface area contributed by atoms with Crippen LogP contribution in [0.15, 0.2) is 133 Å². The van der Waals surface area contributed by atoms with Gasteiger partial charge in [0.25, 0.3) is 0 Å². The molecule has 2 aromatic heterocycles. The molecule has 0 saturated carbocycles. The zero-order valence-corrected chi connectivity index (χ0v) is 39.4. The van der Waals surface area contributed by atoms with Gasteiger partial charge in [0.1, 0.15) is 11.6 Å². The van der Waals surface area contributed by atoms with Gasteiger partial charge in [0.2, 0.25) is 0 Å². The third kappa shape index (κ3) is 8.68. The number of imidazole rings is 1. The largest absolute Gasteiger partial charge is 0.507 e. The zero-order valence-electron chi connectivity index (χ0n) is 49.4. The first kappa shape index (κ1) is 33.3. The first-order valence-electron chi connectivity index (χ1n) is 27.0. The van der Waals surface area contributed by atoms with E-state index in [1.807, 2.05) is 57.2 Å². The topological polar surface area (TPSA) is 50.9 Å². The van der Waals surface area contributed by atoms with Crippen molar-refractivity contribution in [1.29, 1.82) is 0 Å². The molecule has 64 heavy (non-hydrogen) atoms. The zero-order chi connectivity index (χ0) is 54.7. The molecule has 4 heteroatoms. The number of para-hydroxylation sites is 1. The van der Waals surface area contributed by atoms with E-state index in [1.165, 1.54) is 5.56 Å². The molecule has 2 heterocycles. The quantitative estimate of drug-likeness (QED) is 0.181. The van der Waals surface area contributed by atoms with E-state index < -0.39 is 71.2 Å². The van der Waals surface area contributed by atoms with Gasteiger partial charge in [-0.2, -0.15) is 0 Å². The first-order chi connectivity index (χ1) is 34.1. The summed E-state index contributed by atoms with van der Waals surface area (Å²) in [5.74, 6) is 0.659. The highest BCUT2D eigenvalue weighted by molar-refractivity contribution is 5.98. The Bertz CT molecular complexity index is 3530. The maximum absolute atomic E-state index is 12.6. The molecule has 8 aromatic rings. The number of phenolic OH excluding ortho intramolecular Hbond substituents is 1. The summed E-state index contributed by atoms with van der Waals surface area (Å²) in [6, 6.07) is 26.8. The highest BCUT2D eigenvalue weighted by Crippen LogP contribution is 2.46. The van der Waals surface area contributed by atoms with Crippen LogP contribution in [0.3, 0.4) is 0 Å². The second-order valence-corrected chi connectivity index (χ2v) is 21.2. The van der Waals surface area contributed by atoms with Gasteiger partial charge in [0.15, 0.2) is 0 Å². The van der Waals surface area contributed by atoms with E-state index in [1.54, 1.807) is 0 Å². The molecular weight excluding hydrogens is 779 g/mol. The third-order valence-electron chi connectivity index (χ3n) is 12.0. The van der Waals surface area contributed by atoms with Gasteiger partial charge < -0.3 is 5.11 Å². The summed E-state index contributed by atoms with van der Waals surface area (Å²) < 4.78 is 88.5. The molecule has 0 fully saturated rings. The van der Waals surface area contributed by atoms with Crippen LogP contribution in [-0.2, 0) is 21.7 Å². The van der Waals surface area contributed by atoms with Gasteiger partial charge in [-0.25, -0.2) is 4.98 Å². The molecule has 8 rings (SSSR count). The predicted octanol–water partition coefficient (Wildman–Crippen LogP) is 16.3. The second kappa shape index (κ2) is 16.1. The van der Waals surface area contributed by atoms with E-state index in [4.69, 9.17) is 17.3 Å². The average molecular weight is 854 g/mol. The van der Waals surface area contributed by atoms with Crippen LogP contribution in [0.1, 0.15) is 130 Å². The van der Waals surface area contributed by atoms with Crippen molar-refractivity contribution in [2.45, 2.75) is 119 Å². The summed E-state index contributed by atoms with van der Waals surface area (Å²) in [4.78, 5) is 10.1. The Hall–Kier alpha value is -6.26. The molecule has 0 radical (unpaired) electrons. The summed E-state index contributed by atoms with van der Waals surface area (Å²) in [5.41, 5.74) is 8.62. The van der Waals surface area contributed by atoms with Crippen molar-refractivity contribution < 1.29 is 18.8 Å². The van der Waals surface area contributed by atoms with Crippen LogP contribution in [0.4, 0.5) is 0 Å². The SMILES string of the molecule is [2H]c1nc(-c2cc(-c3cccc4c3nc(-c3cc(C(C)(C)C)cc(C(C)(C)C)c3O)n4-c3ccc(C)cc3-c3ccc(C(C)(C)C)cc3)cc(C(C)(C)C)c2)c([2H])c(-c2c([2H])c([2H])c(C([2H])([2H])[2H])c([2H])c2[2H])c1[2H]. The van der Waals surface area contributed by atoms with Gasteiger partial charge in [-0.3, -0.25) is 9.55 Å². The van der Waals surface area contributed by atoms with E-state index in [0.29, 0.717) is 28.0 Å². The van der Waals surface area contributed by atoms with Crippen molar-refractivity contribution in [2.24, 2.45) is 0 Å². The number of hydrogen-bond acceptors (Lipinski definition) is 3. The van der Waals surface area contributed by atoms with E-state index in [2.05, 4.69) is 133 Å². The second-order valence-electron chi connectivity index (χ2n) is 21.2. The number of aryl methyl sites for hydroxylation is 1. The van der Waals surface area contributed by atoms with Crippen molar-refractivity contribution >= 4 is 11.0 Å². The monoisotopic (exact) mass is 854 g/mol. The minimum Gasteiger partial charge on any atom is -0.507 e. The Morgan fingerprint density at radius 2 is 1.20 bits per heavy atom. The van der Waals surface area contributed by atoms with Crippen LogP contribution in [0, 0.1) is 13.8 Å². The Morgan fingerprint density at radius 3 is 1.84 bits per heavy atom. The molecule has 0 saturated heterocycles. The number of benzene rings is 6. The summed E-state index contributed by atoms with van der Waals surface area (Å²) in [5, 5.41) is 12.6. The maximum Gasteiger partial charge on any atom is 0.149 e. The van der Waals surface area contributed by atoms with E-state index >= 15 is 0 Å². The van der Waals surface area contributed by atoms with Crippen LogP contribution in [0.25, 0.3) is 72.7 Å². The van der Waals surface area contributed by atoms with Crippen molar-refractivity contribution in [2.75, 3.05) is 0 Å². The van der Waals surface area contributed by atoms with E-state index in [-0.39, 0.29) is 27.8 Å². The van der Waals surface area contributed by atoms with E-state index in [9.17, 15) is 6.48 Å². The normalized spacial score (nSPS) is 15.0. The lowest BCUT2D eigenvalue weighted by atomic mass is 9.79. The molecule has 0 amide bonds.